The molecule has 0 radical (unpaired) electrons. The predicted molar refractivity (Wildman–Crippen MR) is 112 cm³/mol. The van der Waals surface area contributed by atoms with Crippen LogP contribution in [0.1, 0.15) is 40.5 Å². The standard InChI is InChI=1S/C23H17F3N4O3/c1-32-22(31)19-21(28-11-18(29-19)14-6-7-14)30-17-9-15(24)8-16(20(17)33-23(25)26)13-4-2-12(10-27)3-5-13/h2-5,8-9,11,14,23H,6-7H2,1H3,(H,28,30). The van der Waals surface area contributed by atoms with Crippen molar-refractivity contribution in [3.63, 3.8) is 0 Å². The van der Waals surface area contributed by atoms with Crippen LogP contribution in [0.25, 0.3) is 11.1 Å². The van der Waals surface area contributed by atoms with Gasteiger partial charge in [-0.2, -0.15) is 14.0 Å². The number of ether oxygens (including phenoxy) is 2. The Hall–Kier alpha value is -4.13. The van der Waals surface area contributed by atoms with Crippen LogP contribution < -0.4 is 10.1 Å². The first-order chi connectivity index (χ1) is 15.9. The number of rotatable bonds is 7. The summed E-state index contributed by atoms with van der Waals surface area (Å²) in [4.78, 5) is 20.8. The number of hydrogen-bond donors (Lipinski definition) is 1. The Balaban J connectivity index is 1.81. The lowest BCUT2D eigenvalue weighted by Gasteiger charge is -2.18. The zero-order chi connectivity index (χ0) is 23.5. The molecule has 1 fully saturated rings. The number of esters is 1. The van der Waals surface area contributed by atoms with E-state index in [0.29, 0.717) is 16.8 Å². The molecule has 0 unspecified atom stereocenters. The van der Waals surface area contributed by atoms with E-state index in [0.717, 1.165) is 25.0 Å². The molecule has 7 nitrogen and oxygen atoms in total. The van der Waals surface area contributed by atoms with Gasteiger partial charge in [0.1, 0.15) is 5.82 Å². The van der Waals surface area contributed by atoms with Crippen molar-refractivity contribution in [1.82, 2.24) is 9.97 Å². The Kier molecular flexibility index (Phi) is 6.13. The van der Waals surface area contributed by atoms with Crippen molar-refractivity contribution in [3.8, 4) is 22.9 Å². The molecular formula is C23H17F3N4O3. The van der Waals surface area contributed by atoms with Gasteiger partial charge < -0.3 is 14.8 Å². The number of anilines is 2. The third-order valence-corrected chi connectivity index (χ3v) is 5.00. The van der Waals surface area contributed by atoms with Crippen molar-refractivity contribution >= 4 is 17.5 Å². The number of alkyl halides is 2. The van der Waals surface area contributed by atoms with Crippen molar-refractivity contribution in [2.75, 3.05) is 12.4 Å². The van der Waals surface area contributed by atoms with Crippen LogP contribution in [0.4, 0.5) is 24.7 Å². The quantitative estimate of drug-likeness (QED) is 0.492. The summed E-state index contributed by atoms with van der Waals surface area (Å²) < 4.78 is 50.6. The summed E-state index contributed by atoms with van der Waals surface area (Å²) in [6.07, 6.45) is 3.32. The highest BCUT2D eigenvalue weighted by Gasteiger charge is 2.28. The number of benzene rings is 2. The zero-order valence-corrected chi connectivity index (χ0v) is 17.3. The predicted octanol–water partition coefficient (Wildman–Crippen LogP) is 5.16. The maximum atomic E-state index is 14.5. The molecule has 0 aliphatic heterocycles. The van der Waals surface area contributed by atoms with Gasteiger partial charge in [0.25, 0.3) is 0 Å². The summed E-state index contributed by atoms with van der Waals surface area (Å²) >= 11 is 0. The lowest BCUT2D eigenvalue weighted by Crippen LogP contribution is -2.13. The fourth-order valence-corrected chi connectivity index (χ4v) is 3.28. The summed E-state index contributed by atoms with van der Waals surface area (Å²) in [5, 5.41) is 11.7. The van der Waals surface area contributed by atoms with Crippen LogP contribution in [0.3, 0.4) is 0 Å². The average molecular weight is 454 g/mol. The number of halogens is 3. The smallest absolute Gasteiger partial charge is 0.387 e. The molecule has 33 heavy (non-hydrogen) atoms. The largest absolute Gasteiger partial charge is 0.464 e. The average Bonchev–Trinajstić information content (AvgIpc) is 3.65. The van der Waals surface area contributed by atoms with Gasteiger partial charge in [0.15, 0.2) is 17.3 Å². The molecule has 0 spiro atoms. The molecule has 0 bridgehead atoms. The summed E-state index contributed by atoms with van der Waals surface area (Å²) in [5.41, 5.74) is 0.975. The van der Waals surface area contributed by atoms with Gasteiger partial charge in [-0.1, -0.05) is 12.1 Å². The molecule has 1 saturated carbocycles. The SMILES string of the molecule is COC(=O)c1nc(C2CC2)cnc1Nc1cc(F)cc(-c2ccc(C#N)cc2)c1OC(F)F. The minimum Gasteiger partial charge on any atom is -0.464 e. The summed E-state index contributed by atoms with van der Waals surface area (Å²) in [7, 11) is 1.17. The molecule has 2 aromatic carbocycles. The molecule has 0 saturated heterocycles. The van der Waals surface area contributed by atoms with Gasteiger partial charge in [-0.15, -0.1) is 0 Å². The highest BCUT2D eigenvalue weighted by Crippen LogP contribution is 2.41. The summed E-state index contributed by atoms with van der Waals surface area (Å²) in [6, 6.07) is 9.84. The minimum atomic E-state index is -3.21. The molecule has 10 heteroatoms. The van der Waals surface area contributed by atoms with E-state index < -0.39 is 18.4 Å². The maximum absolute atomic E-state index is 14.5. The zero-order valence-electron chi connectivity index (χ0n) is 17.3. The number of nitrogens with one attached hydrogen (secondary N) is 1. The lowest BCUT2D eigenvalue weighted by atomic mass is 10.0. The van der Waals surface area contributed by atoms with Gasteiger partial charge in [0, 0.05) is 17.5 Å². The third-order valence-electron chi connectivity index (χ3n) is 5.00. The van der Waals surface area contributed by atoms with Crippen molar-refractivity contribution < 1.29 is 27.4 Å². The van der Waals surface area contributed by atoms with Gasteiger partial charge in [0.05, 0.1) is 36.3 Å². The highest BCUT2D eigenvalue weighted by molar-refractivity contribution is 5.94. The molecule has 1 N–H and O–H groups in total. The van der Waals surface area contributed by atoms with E-state index in [-0.39, 0.29) is 34.4 Å². The molecule has 0 amide bonds. The fraction of sp³-hybridized carbons (Fsp3) is 0.217. The van der Waals surface area contributed by atoms with Gasteiger partial charge in [-0.05, 0) is 36.6 Å². The topological polar surface area (TPSA) is 97.1 Å². The third kappa shape index (κ3) is 4.87. The Labute approximate surface area is 186 Å². The van der Waals surface area contributed by atoms with Gasteiger partial charge in [-0.25, -0.2) is 19.2 Å². The number of methoxy groups -OCH3 is 1. The molecule has 1 aliphatic rings. The van der Waals surface area contributed by atoms with Crippen molar-refractivity contribution in [2.24, 2.45) is 0 Å². The van der Waals surface area contributed by atoms with E-state index in [1.807, 2.05) is 6.07 Å². The molecule has 1 heterocycles. The Bertz CT molecular complexity index is 1240. The number of aromatic nitrogens is 2. The maximum Gasteiger partial charge on any atom is 0.387 e. The van der Waals surface area contributed by atoms with Gasteiger partial charge in [-0.3, -0.25) is 0 Å². The van der Waals surface area contributed by atoms with E-state index in [2.05, 4.69) is 15.3 Å². The van der Waals surface area contributed by atoms with Crippen molar-refractivity contribution in [1.29, 1.82) is 5.26 Å². The monoisotopic (exact) mass is 454 g/mol. The van der Waals surface area contributed by atoms with Crippen LogP contribution in [-0.4, -0.2) is 29.7 Å². The van der Waals surface area contributed by atoms with Crippen LogP contribution >= 0.6 is 0 Å². The van der Waals surface area contributed by atoms with Crippen molar-refractivity contribution in [3.05, 3.63) is 65.4 Å². The second-order valence-corrected chi connectivity index (χ2v) is 7.28. The van der Waals surface area contributed by atoms with Gasteiger partial charge in [0.2, 0.25) is 0 Å². The van der Waals surface area contributed by atoms with E-state index in [9.17, 15) is 18.0 Å². The number of carbonyl (C=O) groups is 1. The van der Waals surface area contributed by atoms with E-state index in [4.69, 9.17) is 14.7 Å². The Morgan fingerprint density at radius 2 is 1.97 bits per heavy atom. The Morgan fingerprint density at radius 3 is 2.58 bits per heavy atom. The lowest BCUT2D eigenvalue weighted by molar-refractivity contribution is -0.0490. The van der Waals surface area contributed by atoms with Crippen LogP contribution in [0, 0.1) is 17.1 Å². The molecule has 1 aromatic heterocycles. The first-order valence-corrected chi connectivity index (χ1v) is 9.90. The second kappa shape index (κ2) is 9.16. The van der Waals surface area contributed by atoms with E-state index in [1.54, 1.807) is 0 Å². The highest BCUT2D eigenvalue weighted by atomic mass is 19.3. The molecule has 3 aromatic rings. The van der Waals surface area contributed by atoms with Crippen molar-refractivity contribution in [2.45, 2.75) is 25.4 Å². The first kappa shape index (κ1) is 22.1. The van der Waals surface area contributed by atoms with Crippen LogP contribution in [0.15, 0.2) is 42.6 Å². The molecule has 168 valence electrons. The molecule has 0 atom stereocenters. The summed E-state index contributed by atoms with van der Waals surface area (Å²) in [6.45, 7) is -3.21. The minimum absolute atomic E-state index is 0.0180. The van der Waals surface area contributed by atoms with E-state index >= 15 is 0 Å². The summed E-state index contributed by atoms with van der Waals surface area (Å²) in [5.74, 6) is -1.79. The number of hydrogen-bond acceptors (Lipinski definition) is 7. The number of nitrogens with zero attached hydrogens (tertiary/aromatic N) is 3. The fourth-order valence-electron chi connectivity index (χ4n) is 3.28. The molecular weight excluding hydrogens is 437 g/mol. The van der Waals surface area contributed by atoms with Crippen LogP contribution in [-0.2, 0) is 4.74 Å². The number of carbonyl (C=O) groups excluding carboxylic acids is 1. The molecule has 4 rings (SSSR count). The second-order valence-electron chi connectivity index (χ2n) is 7.28. The van der Waals surface area contributed by atoms with Gasteiger partial charge >= 0.3 is 12.6 Å². The first-order valence-electron chi connectivity index (χ1n) is 9.90. The van der Waals surface area contributed by atoms with Crippen LogP contribution in [0.5, 0.6) is 5.75 Å². The van der Waals surface area contributed by atoms with Crippen LogP contribution in [0.2, 0.25) is 0 Å². The van der Waals surface area contributed by atoms with E-state index in [1.165, 1.54) is 37.6 Å². The number of nitriles is 1. The molecule has 1 aliphatic carbocycles. The Morgan fingerprint density at radius 1 is 1.24 bits per heavy atom. The normalized spacial score (nSPS) is 12.8.